The van der Waals surface area contributed by atoms with Crippen LogP contribution in [0.25, 0.3) is 0 Å². The monoisotopic (exact) mass is 233 g/mol. The fourth-order valence-corrected chi connectivity index (χ4v) is 1.12. The van der Waals surface area contributed by atoms with Crippen LogP contribution in [0.15, 0.2) is 4.99 Å². The van der Waals surface area contributed by atoms with Gasteiger partial charge in [0.1, 0.15) is 0 Å². The molecule has 0 aromatic carbocycles. The second kappa shape index (κ2) is 6.95. The van der Waals surface area contributed by atoms with Crippen molar-refractivity contribution in [1.29, 1.82) is 0 Å². The predicted octanol–water partition coefficient (Wildman–Crippen LogP) is 1.07. The number of rotatable bonds is 6. The third kappa shape index (κ3) is 7.50. The maximum Gasteiger partial charge on any atom is 0.188 e. The van der Waals surface area contributed by atoms with Crippen molar-refractivity contribution in [3.8, 4) is 0 Å². The second-order valence-electron chi connectivity index (χ2n) is 4.17. The molecule has 0 fully saturated rings. The molecule has 0 rings (SSSR count). The summed E-state index contributed by atoms with van der Waals surface area (Å²) in [5.74, 6) is 0.488. The van der Waals surface area contributed by atoms with Gasteiger partial charge in [-0.05, 0) is 27.0 Å². The van der Waals surface area contributed by atoms with Gasteiger partial charge in [0.15, 0.2) is 5.96 Å². The van der Waals surface area contributed by atoms with E-state index in [0.29, 0.717) is 19.1 Å². The fraction of sp³-hybridized carbons (Fsp3) is 0.900. The molecule has 0 saturated heterocycles. The summed E-state index contributed by atoms with van der Waals surface area (Å²) in [6.07, 6.45) is 2.08. The van der Waals surface area contributed by atoms with Gasteiger partial charge in [-0.1, -0.05) is 0 Å². The summed E-state index contributed by atoms with van der Waals surface area (Å²) in [5.41, 5.74) is 5.74. The zero-order valence-corrected chi connectivity index (χ0v) is 11.1. The van der Waals surface area contributed by atoms with E-state index >= 15 is 0 Å². The molecule has 0 heterocycles. The summed E-state index contributed by atoms with van der Waals surface area (Å²) in [6, 6.07) is 0.191. The topological polar surface area (TPSA) is 59.6 Å². The number of ether oxygens (including phenoxy) is 1. The van der Waals surface area contributed by atoms with Crippen LogP contribution in [0.1, 0.15) is 20.8 Å². The van der Waals surface area contributed by atoms with Crippen LogP contribution >= 0.6 is 11.8 Å². The molecule has 0 aromatic rings. The lowest BCUT2D eigenvalue weighted by molar-refractivity contribution is 0.179. The lowest BCUT2D eigenvalue weighted by Crippen LogP contribution is -2.41. The summed E-state index contributed by atoms with van der Waals surface area (Å²) >= 11 is 1.78. The van der Waals surface area contributed by atoms with Gasteiger partial charge < -0.3 is 15.8 Å². The Hall–Kier alpha value is -0.420. The van der Waals surface area contributed by atoms with Gasteiger partial charge in [-0.2, -0.15) is 11.8 Å². The lowest BCUT2D eigenvalue weighted by atomic mass is 10.2. The molecule has 0 aliphatic carbocycles. The zero-order chi connectivity index (χ0) is 11.9. The summed E-state index contributed by atoms with van der Waals surface area (Å²) in [5, 5.41) is 3.07. The van der Waals surface area contributed by atoms with Crippen LogP contribution in [-0.4, -0.2) is 43.3 Å². The van der Waals surface area contributed by atoms with Crippen molar-refractivity contribution < 1.29 is 4.74 Å². The van der Waals surface area contributed by atoms with E-state index in [1.807, 2.05) is 6.92 Å². The van der Waals surface area contributed by atoms with Gasteiger partial charge in [0.05, 0.1) is 13.2 Å². The van der Waals surface area contributed by atoms with Crippen molar-refractivity contribution in [3.05, 3.63) is 0 Å². The number of nitrogens with zero attached hydrogens (tertiary/aromatic N) is 1. The van der Waals surface area contributed by atoms with Gasteiger partial charge in [-0.15, -0.1) is 0 Å². The first-order valence-corrected chi connectivity index (χ1v) is 6.24. The van der Waals surface area contributed by atoms with Crippen LogP contribution in [0.2, 0.25) is 0 Å². The van der Waals surface area contributed by atoms with Crippen LogP contribution in [0.5, 0.6) is 0 Å². The van der Waals surface area contributed by atoms with Crippen LogP contribution < -0.4 is 11.1 Å². The average molecular weight is 233 g/mol. The highest BCUT2D eigenvalue weighted by molar-refractivity contribution is 7.99. The van der Waals surface area contributed by atoms with E-state index in [1.165, 1.54) is 0 Å². The molecule has 5 heteroatoms. The molecule has 0 aromatic heterocycles. The number of nitrogens with two attached hydrogens (primary N) is 1. The Bertz CT molecular complexity index is 207. The van der Waals surface area contributed by atoms with E-state index in [-0.39, 0.29) is 10.8 Å². The number of nitrogens with one attached hydrogen (secondary N) is 1. The number of hydrogen-bond donors (Lipinski definition) is 2. The van der Waals surface area contributed by atoms with Crippen molar-refractivity contribution >= 4 is 17.7 Å². The normalized spacial score (nSPS) is 15.1. The van der Waals surface area contributed by atoms with Gasteiger partial charge in [-0.25, -0.2) is 0 Å². The van der Waals surface area contributed by atoms with Crippen LogP contribution in [0, 0.1) is 0 Å². The molecular formula is C10H23N3OS. The predicted molar refractivity (Wildman–Crippen MR) is 68.6 cm³/mol. The first-order valence-electron chi connectivity index (χ1n) is 5.02. The van der Waals surface area contributed by atoms with E-state index < -0.39 is 0 Å². The summed E-state index contributed by atoms with van der Waals surface area (Å²) in [6.45, 7) is 7.64. The Kier molecular flexibility index (Phi) is 6.76. The molecule has 4 nitrogen and oxygen atoms in total. The van der Waals surface area contributed by atoms with E-state index in [9.17, 15) is 0 Å². The zero-order valence-electron chi connectivity index (χ0n) is 10.3. The Balaban J connectivity index is 3.98. The van der Waals surface area contributed by atoms with Crippen LogP contribution in [-0.2, 0) is 4.74 Å². The first kappa shape index (κ1) is 14.6. The average Bonchev–Trinajstić information content (AvgIpc) is 2.15. The molecule has 0 spiro atoms. The Labute approximate surface area is 97.0 Å². The van der Waals surface area contributed by atoms with E-state index in [1.54, 1.807) is 18.9 Å². The van der Waals surface area contributed by atoms with Crippen molar-refractivity contribution in [1.82, 2.24) is 5.32 Å². The minimum absolute atomic E-state index is 0.136. The maximum absolute atomic E-state index is 5.74. The molecule has 0 bridgehead atoms. The molecule has 1 unspecified atom stereocenters. The van der Waals surface area contributed by atoms with Crippen molar-refractivity contribution in [3.63, 3.8) is 0 Å². The molecule has 0 radical (unpaired) electrons. The van der Waals surface area contributed by atoms with Gasteiger partial charge >= 0.3 is 0 Å². The minimum Gasteiger partial charge on any atom is -0.383 e. The Morgan fingerprint density at radius 2 is 2.20 bits per heavy atom. The van der Waals surface area contributed by atoms with E-state index in [0.717, 1.165) is 0 Å². The van der Waals surface area contributed by atoms with Crippen molar-refractivity contribution in [2.45, 2.75) is 31.6 Å². The first-order chi connectivity index (χ1) is 6.91. The molecule has 0 aliphatic heterocycles. The SMILES string of the molecule is COCC(C)NC(N)=NCC(C)(C)SC. The van der Waals surface area contributed by atoms with Gasteiger partial charge in [0.25, 0.3) is 0 Å². The highest BCUT2D eigenvalue weighted by Gasteiger charge is 2.15. The highest BCUT2D eigenvalue weighted by Crippen LogP contribution is 2.20. The Morgan fingerprint density at radius 1 is 1.60 bits per heavy atom. The lowest BCUT2D eigenvalue weighted by Gasteiger charge is -2.20. The molecule has 1 atom stereocenters. The molecule has 15 heavy (non-hydrogen) atoms. The standard InChI is InChI=1S/C10H23N3OS/c1-8(6-14-4)13-9(11)12-7-10(2,3)15-5/h8H,6-7H2,1-5H3,(H3,11,12,13). The van der Waals surface area contributed by atoms with Gasteiger partial charge in [0, 0.05) is 17.9 Å². The fourth-order valence-electron chi connectivity index (χ4n) is 0.930. The number of thioether (sulfide) groups is 1. The summed E-state index contributed by atoms with van der Waals surface area (Å²) in [7, 11) is 1.67. The number of methoxy groups -OCH3 is 1. The molecule has 0 amide bonds. The highest BCUT2D eigenvalue weighted by atomic mass is 32.2. The minimum atomic E-state index is 0.136. The molecule has 3 N–H and O–H groups in total. The van der Waals surface area contributed by atoms with Crippen LogP contribution in [0.4, 0.5) is 0 Å². The molecule has 90 valence electrons. The van der Waals surface area contributed by atoms with E-state index in [4.69, 9.17) is 10.5 Å². The quantitative estimate of drug-likeness (QED) is 0.532. The maximum atomic E-state index is 5.74. The van der Waals surface area contributed by atoms with Crippen LogP contribution in [0.3, 0.4) is 0 Å². The van der Waals surface area contributed by atoms with E-state index in [2.05, 4.69) is 30.4 Å². The number of aliphatic imine (C=N–C) groups is 1. The number of guanidine groups is 1. The number of hydrogen-bond acceptors (Lipinski definition) is 3. The van der Waals surface area contributed by atoms with Crippen molar-refractivity contribution in [2.24, 2.45) is 10.7 Å². The third-order valence-electron chi connectivity index (χ3n) is 1.99. The third-order valence-corrected chi connectivity index (χ3v) is 3.23. The largest absolute Gasteiger partial charge is 0.383 e. The molecule has 0 aliphatic rings. The smallest absolute Gasteiger partial charge is 0.188 e. The molecular weight excluding hydrogens is 210 g/mol. The molecule has 0 saturated carbocycles. The summed E-state index contributed by atoms with van der Waals surface area (Å²) < 4.78 is 5.13. The van der Waals surface area contributed by atoms with Gasteiger partial charge in [0.2, 0.25) is 0 Å². The Morgan fingerprint density at radius 3 is 2.67 bits per heavy atom. The van der Waals surface area contributed by atoms with Gasteiger partial charge in [-0.3, -0.25) is 4.99 Å². The summed E-state index contributed by atoms with van der Waals surface area (Å²) in [4.78, 5) is 4.30. The second-order valence-corrected chi connectivity index (χ2v) is 5.68. The van der Waals surface area contributed by atoms with Crippen molar-refractivity contribution in [2.75, 3.05) is 26.5 Å².